The first-order valence-electron chi connectivity index (χ1n) is 7.27. The van der Waals surface area contributed by atoms with Crippen molar-refractivity contribution in [1.29, 1.82) is 0 Å². The molecule has 128 valence electrons. The van der Waals surface area contributed by atoms with Gasteiger partial charge in [-0.1, -0.05) is 0 Å². The standard InChI is InChI=1S/C14H16N2O2.C2H2O4/c1-18-14(17)8-2-4-12-10(6-8)11-7-9(15)3-5-13(11)16-12;3-1(4)2(5)6/h2,4,6,9,16H,3,5,7,15H2,1H3;(H,3,4)(H,5,6). The lowest BCUT2D eigenvalue weighted by Gasteiger charge is -2.18. The van der Waals surface area contributed by atoms with Crippen molar-refractivity contribution in [2.24, 2.45) is 5.73 Å². The Labute approximate surface area is 137 Å². The highest BCUT2D eigenvalue weighted by atomic mass is 16.5. The van der Waals surface area contributed by atoms with Gasteiger partial charge < -0.3 is 25.7 Å². The molecule has 5 N–H and O–H groups in total. The number of esters is 1. The second kappa shape index (κ2) is 7.14. The molecule has 0 saturated heterocycles. The minimum atomic E-state index is -1.82. The number of nitrogens with one attached hydrogen (secondary N) is 1. The number of fused-ring (bicyclic) bond motifs is 3. The molecule has 0 bridgehead atoms. The summed E-state index contributed by atoms with van der Waals surface area (Å²) in [6.45, 7) is 0. The number of carboxylic acids is 2. The highest BCUT2D eigenvalue weighted by Gasteiger charge is 2.20. The van der Waals surface area contributed by atoms with Gasteiger partial charge in [-0.2, -0.15) is 0 Å². The van der Waals surface area contributed by atoms with Crippen LogP contribution in [0.2, 0.25) is 0 Å². The molecule has 1 atom stereocenters. The van der Waals surface area contributed by atoms with Crippen molar-refractivity contribution in [1.82, 2.24) is 4.98 Å². The second-order valence-electron chi connectivity index (χ2n) is 5.45. The Hall–Kier alpha value is -2.87. The van der Waals surface area contributed by atoms with E-state index in [-0.39, 0.29) is 12.0 Å². The molecular weight excluding hydrogens is 316 g/mol. The first-order valence-corrected chi connectivity index (χ1v) is 7.27. The average Bonchev–Trinajstić information content (AvgIpc) is 2.91. The Balaban J connectivity index is 0.000000301. The molecule has 0 spiro atoms. The lowest BCUT2D eigenvalue weighted by molar-refractivity contribution is -0.159. The fourth-order valence-corrected chi connectivity index (χ4v) is 2.69. The summed E-state index contributed by atoms with van der Waals surface area (Å²) in [5, 5.41) is 15.9. The van der Waals surface area contributed by atoms with Crippen molar-refractivity contribution in [3.63, 3.8) is 0 Å². The number of aromatic nitrogens is 1. The van der Waals surface area contributed by atoms with E-state index < -0.39 is 11.9 Å². The van der Waals surface area contributed by atoms with E-state index in [0.717, 1.165) is 30.2 Å². The minimum absolute atomic E-state index is 0.221. The van der Waals surface area contributed by atoms with Crippen LogP contribution >= 0.6 is 0 Å². The first kappa shape index (κ1) is 17.5. The van der Waals surface area contributed by atoms with Crippen LogP contribution in [0.15, 0.2) is 18.2 Å². The molecule has 2 aromatic rings. The van der Waals surface area contributed by atoms with Crippen LogP contribution in [-0.2, 0) is 27.2 Å². The molecule has 8 nitrogen and oxygen atoms in total. The van der Waals surface area contributed by atoms with Gasteiger partial charge >= 0.3 is 17.9 Å². The van der Waals surface area contributed by atoms with Gasteiger partial charge in [0.25, 0.3) is 0 Å². The quantitative estimate of drug-likeness (QED) is 0.448. The largest absolute Gasteiger partial charge is 0.473 e. The molecule has 1 aromatic heterocycles. The Bertz CT molecular complexity index is 783. The molecule has 1 unspecified atom stereocenters. The number of ether oxygens (including phenoxy) is 1. The number of carbonyl (C=O) groups excluding carboxylic acids is 1. The van der Waals surface area contributed by atoms with Crippen LogP contribution in [-0.4, -0.2) is 46.3 Å². The molecule has 24 heavy (non-hydrogen) atoms. The summed E-state index contributed by atoms with van der Waals surface area (Å²) < 4.78 is 4.75. The smallest absolute Gasteiger partial charge is 0.414 e. The molecule has 0 amide bonds. The predicted octanol–water partition coefficient (Wildman–Crippen LogP) is 0.926. The summed E-state index contributed by atoms with van der Waals surface area (Å²) in [6, 6.07) is 5.84. The van der Waals surface area contributed by atoms with Crippen LogP contribution in [0.4, 0.5) is 0 Å². The Morgan fingerprint density at radius 1 is 1.25 bits per heavy atom. The fourth-order valence-electron chi connectivity index (χ4n) is 2.69. The number of nitrogens with two attached hydrogens (primary N) is 1. The number of hydrogen-bond donors (Lipinski definition) is 4. The zero-order valence-corrected chi connectivity index (χ0v) is 13.0. The molecule has 1 aliphatic rings. The van der Waals surface area contributed by atoms with Gasteiger partial charge in [-0.25, -0.2) is 14.4 Å². The summed E-state index contributed by atoms with van der Waals surface area (Å²) in [6.07, 6.45) is 2.88. The van der Waals surface area contributed by atoms with Crippen LogP contribution in [0.25, 0.3) is 10.9 Å². The molecule has 0 saturated carbocycles. The van der Waals surface area contributed by atoms with Gasteiger partial charge in [0, 0.05) is 22.6 Å². The first-order chi connectivity index (χ1) is 11.3. The molecule has 1 aliphatic carbocycles. The zero-order chi connectivity index (χ0) is 17.9. The van der Waals surface area contributed by atoms with Gasteiger partial charge in [0.2, 0.25) is 0 Å². The predicted molar refractivity (Wildman–Crippen MR) is 84.9 cm³/mol. The number of aliphatic carboxylic acids is 2. The maximum absolute atomic E-state index is 11.6. The number of rotatable bonds is 1. The molecule has 1 aromatic carbocycles. The maximum atomic E-state index is 11.6. The summed E-state index contributed by atoms with van der Waals surface area (Å²) in [5.41, 5.74) is 10.2. The van der Waals surface area contributed by atoms with Gasteiger partial charge in [0.05, 0.1) is 12.7 Å². The van der Waals surface area contributed by atoms with Crippen molar-refractivity contribution in [2.45, 2.75) is 25.3 Å². The summed E-state index contributed by atoms with van der Waals surface area (Å²) in [4.78, 5) is 33.2. The Morgan fingerprint density at radius 2 is 1.92 bits per heavy atom. The molecule has 0 radical (unpaired) electrons. The average molecular weight is 334 g/mol. The van der Waals surface area contributed by atoms with Gasteiger partial charge in [-0.05, 0) is 43.0 Å². The second-order valence-corrected chi connectivity index (χ2v) is 5.45. The van der Waals surface area contributed by atoms with Crippen molar-refractivity contribution in [3.8, 4) is 0 Å². The van der Waals surface area contributed by atoms with E-state index >= 15 is 0 Å². The number of H-pyrrole nitrogens is 1. The van der Waals surface area contributed by atoms with Gasteiger partial charge in [-0.15, -0.1) is 0 Å². The Kier molecular flexibility index (Phi) is 5.20. The maximum Gasteiger partial charge on any atom is 0.414 e. The minimum Gasteiger partial charge on any atom is -0.473 e. The molecule has 0 fully saturated rings. The number of hydrogen-bond acceptors (Lipinski definition) is 5. The third kappa shape index (κ3) is 3.72. The van der Waals surface area contributed by atoms with Gasteiger partial charge in [0.15, 0.2) is 0 Å². The summed E-state index contributed by atoms with van der Waals surface area (Å²) in [7, 11) is 1.40. The van der Waals surface area contributed by atoms with Gasteiger partial charge in [-0.3, -0.25) is 0 Å². The number of carbonyl (C=O) groups is 3. The highest BCUT2D eigenvalue weighted by molar-refractivity contribution is 6.27. The normalized spacial score (nSPS) is 15.8. The van der Waals surface area contributed by atoms with Crippen molar-refractivity contribution < 1.29 is 29.3 Å². The van der Waals surface area contributed by atoms with E-state index in [1.54, 1.807) is 6.07 Å². The third-order valence-corrected chi connectivity index (χ3v) is 3.83. The lowest BCUT2D eigenvalue weighted by Crippen LogP contribution is -2.27. The number of aryl methyl sites for hydroxylation is 1. The molecule has 3 rings (SSSR count). The van der Waals surface area contributed by atoms with Crippen LogP contribution in [0.1, 0.15) is 28.0 Å². The highest BCUT2D eigenvalue weighted by Crippen LogP contribution is 2.29. The van der Waals surface area contributed by atoms with Crippen molar-refractivity contribution >= 4 is 28.8 Å². The fraction of sp³-hybridized carbons (Fsp3) is 0.312. The SMILES string of the molecule is COC(=O)c1ccc2[nH]c3c(c2c1)CC(N)CC3.O=C(O)C(=O)O. The van der Waals surface area contributed by atoms with Gasteiger partial charge in [0.1, 0.15) is 0 Å². The van der Waals surface area contributed by atoms with E-state index in [1.165, 1.54) is 18.4 Å². The third-order valence-electron chi connectivity index (χ3n) is 3.83. The molecule has 1 heterocycles. The van der Waals surface area contributed by atoms with Crippen molar-refractivity contribution in [3.05, 3.63) is 35.0 Å². The van der Waals surface area contributed by atoms with Crippen molar-refractivity contribution in [2.75, 3.05) is 7.11 Å². The van der Waals surface area contributed by atoms with E-state index in [0.29, 0.717) is 5.56 Å². The number of benzene rings is 1. The van der Waals surface area contributed by atoms with E-state index in [1.807, 2.05) is 12.1 Å². The van der Waals surface area contributed by atoms with E-state index in [9.17, 15) is 4.79 Å². The van der Waals surface area contributed by atoms with E-state index in [2.05, 4.69) is 4.98 Å². The van der Waals surface area contributed by atoms with E-state index in [4.69, 9.17) is 30.3 Å². The Morgan fingerprint density at radius 3 is 2.50 bits per heavy atom. The summed E-state index contributed by atoms with van der Waals surface area (Å²) >= 11 is 0. The number of methoxy groups -OCH3 is 1. The monoisotopic (exact) mass is 334 g/mol. The number of aromatic amines is 1. The van der Waals surface area contributed by atoms with Crippen LogP contribution < -0.4 is 5.73 Å². The van der Waals surface area contributed by atoms with Crippen LogP contribution in [0.3, 0.4) is 0 Å². The van der Waals surface area contributed by atoms with Crippen LogP contribution in [0, 0.1) is 0 Å². The molecular formula is C16H18N2O6. The summed E-state index contributed by atoms with van der Waals surface area (Å²) in [5.74, 6) is -3.95. The number of carboxylic acid groups (broad SMARTS) is 2. The topological polar surface area (TPSA) is 143 Å². The van der Waals surface area contributed by atoms with Crippen LogP contribution in [0.5, 0.6) is 0 Å². The zero-order valence-electron chi connectivity index (χ0n) is 13.0. The molecule has 0 aliphatic heterocycles. The lowest BCUT2D eigenvalue weighted by atomic mass is 9.92. The molecule has 8 heteroatoms.